The number of non-ortho nitro benzene ring substituents is 1. The number of carbonyl (C=O) groups excluding carboxylic acids is 4. The minimum Gasteiger partial charge on any atom is -0.273 e. The van der Waals surface area contributed by atoms with Crippen LogP contribution < -0.4 is 4.90 Å². The zero-order valence-corrected chi connectivity index (χ0v) is 22.0. The molecule has 3 aromatic rings. The van der Waals surface area contributed by atoms with Crippen molar-refractivity contribution in [3.05, 3.63) is 99.1 Å². The molecule has 0 unspecified atom stereocenters. The van der Waals surface area contributed by atoms with Crippen LogP contribution in [0.3, 0.4) is 0 Å². The Kier molecular flexibility index (Phi) is 8.20. The smallest absolute Gasteiger partial charge is 0.273 e. The number of nitro groups is 1. The van der Waals surface area contributed by atoms with Gasteiger partial charge in [-0.2, -0.15) is 20.3 Å². The molecule has 3 aromatic carbocycles. The standard InChI is InChI=1S/C27H21ClN6O6/c1-16-7-11-19(12-8-16)32(26(37)21-5-3-4-6-22(21)28)23(35)15-24(36)33-27(38)25(17(2)31-33)30-29-18-9-13-20(14-10-18)34(39)40/h3-14,25H,15H2,1-2H3/t25-/m1/s1. The van der Waals surface area contributed by atoms with Crippen molar-refractivity contribution in [3.8, 4) is 0 Å². The molecule has 4 amide bonds. The SMILES string of the molecule is CC1=NN(C(=O)CC(=O)N(C(=O)c2ccccc2Cl)c2ccc(C)cc2)C(=O)[C@@H]1N=Nc1ccc([N+](=O)[O-])cc1. The van der Waals surface area contributed by atoms with Crippen molar-refractivity contribution < 1.29 is 24.1 Å². The molecule has 4 rings (SSSR count). The lowest BCUT2D eigenvalue weighted by Crippen LogP contribution is -2.42. The lowest BCUT2D eigenvalue weighted by molar-refractivity contribution is -0.384. The van der Waals surface area contributed by atoms with Crippen LogP contribution in [0.15, 0.2) is 88.1 Å². The number of aryl methyl sites for hydroxylation is 1. The van der Waals surface area contributed by atoms with Crippen LogP contribution in [0.2, 0.25) is 5.02 Å². The van der Waals surface area contributed by atoms with Gasteiger partial charge in [0.05, 0.1) is 32.6 Å². The number of carbonyl (C=O) groups is 4. The summed E-state index contributed by atoms with van der Waals surface area (Å²) in [6, 6.07) is 16.7. The number of amides is 4. The average molecular weight is 561 g/mol. The Balaban J connectivity index is 1.52. The monoisotopic (exact) mass is 560 g/mol. The summed E-state index contributed by atoms with van der Waals surface area (Å²) in [5.74, 6) is -3.43. The number of azo groups is 1. The quantitative estimate of drug-likeness (QED) is 0.171. The van der Waals surface area contributed by atoms with Gasteiger partial charge in [0.1, 0.15) is 6.42 Å². The first-order valence-electron chi connectivity index (χ1n) is 11.8. The van der Waals surface area contributed by atoms with Gasteiger partial charge in [-0.1, -0.05) is 41.4 Å². The molecule has 0 bridgehead atoms. The zero-order valence-electron chi connectivity index (χ0n) is 21.2. The fourth-order valence-corrected chi connectivity index (χ4v) is 3.96. The largest absolute Gasteiger partial charge is 0.282 e. The maximum atomic E-state index is 13.4. The van der Waals surface area contributed by atoms with Crippen LogP contribution in [-0.4, -0.2) is 45.3 Å². The molecule has 0 aliphatic carbocycles. The minimum atomic E-state index is -1.23. The number of hydrogen-bond donors (Lipinski definition) is 0. The van der Waals surface area contributed by atoms with E-state index in [-0.39, 0.29) is 33.4 Å². The third-order valence-electron chi connectivity index (χ3n) is 5.83. The van der Waals surface area contributed by atoms with Crippen molar-refractivity contribution in [2.75, 3.05) is 4.90 Å². The molecule has 0 spiro atoms. The predicted molar refractivity (Wildman–Crippen MR) is 145 cm³/mol. The summed E-state index contributed by atoms with van der Waals surface area (Å²) in [4.78, 5) is 63.7. The highest BCUT2D eigenvalue weighted by molar-refractivity contribution is 6.36. The maximum absolute atomic E-state index is 13.4. The van der Waals surface area contributed by atoms with E-state index >= 15 is 0 Å². The van der Waals surface area contributed by atoms with Crippen LogP contribution in [0.25, 0.3) is 0 Å². The molecular weight excluding hydrogens is 540 g/mol. The number of nitrogens with zero attached hydrogens (tertiary/aromatic N) is 6. The Morgan fingerprint density at radius 2 is 1.68 bits per heavy atom. The first kappa shape index (κ1) is 27.9. The highest BCUT2D eigenvalue weighted by atomic mass is 35.5. The van der Waals surface area contributed by atoms with E-state index in [1.807, 2.05) is 6.92 Å². The number of anilines is 1. The van der Waals surface area contributed by atoms with E-state index in [1.54, 1.807) is 36.4 Å². The van der Waals surface area contributed by atoms with Crippen LogP contribution in [0.5, 0.6) is 0 Å². The lowest BCUT2D eigenvalue weighted by Gasteiger charge is -2.22. The van der Waals surface area contributed by atoms with Crippen molar-refractivity contribution >= 4 is 58.0 Å². The number of hydrogen-bond acceptors (Lipinski definition) is 9. The summed E-state index contributed by atoms with van der Waals surface area (Å²) in [6.45, 7) is 3.30. The molecule has 1 aliphatic rings. The van der Waals surface area contributed by atoms with Crippen molar-refractivity contribution in [1.82, 2.24) is 5.01 Å². The molecular formula is C27H21ClN6O6. The van der Waals surface area contributed by atoms with E-state index in [9.17, 15) is 29.3 Å². The molecule has 1 heterocycles. The van der Waals surface area contributed by atoms with Crippen LogP contribution >= 0.6 is 11.6 Å². The van der Waals surface area contributed by atoms with Crippen LogP contribution in [0.1, 0.15) is 29.3 Å². The topological polar surface area (TPSA) is 155 Å². The van der Waals surface area contributed by atoms with Crippen LogP contribution in [-0.2, 0) is 14.4 Å². The van der Waals surface area contributed by atoms with Gasteiger partial charge in [-0.25, -0.2) is 4.90 Å². The van der Waals surface area contributed by atoms with Gasteiger partial charge in [-0.15, -0.1) is 0 Å². The molecule has 13 heteroatoms. The second-order valence-corrected chi connectivity index (χ2v) is 9.11. The van der Waals surface area contributed by atoms with Gasteiger partial charge in [-0.05, 0) is 50.2 Å². The number of halogens is 1. The third kappa shape index (κ3) is 5.97. The lowest BCUT2D eigenvalue weighted by atomic mass is 10.1. The Bertz CT molecular complexity index is 1570. The molecule has 0 aromatic heterocycles. The van der Waals surface area contributed by atoms with Gasteiger partial charge in [0.2, 0.25) is 5.91 Å². The van der Waals surface area contributed by atoms with E-state index < -0.39 is 41.0 Å². The van der Waals surface area contributed by atoms with Crippen LogP contribution in [0.4, 0.5) is 17.1 Å². The van der Waals surface area contributed by atoms with E-state index in [0.29, 0.717) is 5.01 Å². The first-order chi connectivity index (χ1) is 19.1. The third-order valence-corrected chi connectivity index (χ3v) is 6.16. The molecule has 0 N–H and O–H groups in total. The number of hydrazone groups is 1. The molecule has 0 fully saturated rings. The molecule has 0 radical (unpaired) electrons. The van der Waals surface area contributed by atoms with Crippen molar-refractivity contribution in [3.63, 3.8) is 0 Å². The molecule has 0 saturated carbocycles. The number of rotatable bonds is 7. The summed E-state index contributed by atoms with van der Waals surface area (Å²) < 4.78 is 0. The second-order valence-electron chi connectivity index (χ2n) is 8.70. The molecule has 40 heavy (non-hydrogen) atoms. The average Bonchev–Trinajstić information content (AvgIpc) is 3.22. The summed E-state index contributed by atoms with van der Waals surface area (Å²) in [7, 11) is 0. The summed E-state index contributed by atoms with van der Waals surface area (Å²) in [5, 5.41) is 23.2. The van der Waals surface area contributed by atoms with Gasteiger partial charge in [0, 0.05) is 12.1 Å². The Morgan fingerprint density at radius 1 is 1.02 bits per heavy atom. The summed E-state index contributed by atoms with van der Waals surface area (Å²) in [5.41, 5.74) is 1.43. The summed E-state index contributed by atoms with van der Waals surface area (Å²) in [6.07, 6.45) is -0.848. The Morgan fingerprint density at radius 3 is 2.30 bits per heavy atom. The zero-order chi connectivity index (χ0) is 29.0. The molecule has 0 saturated heterocycles. The number of nitro benzene ring substituents is 1. The highest BCUT2D eigenvalue weighted by Crippen LogP contribution is 2.25. The number of imide groups is 2. The first-order valence-corrected chi connectivity index (χ1v) is 12.2. The summed E-state index contributed by atoms with van der Waals surface area (Å²) >= 11 is 6.19. The second kappa shape index (κ2) is 11.7. The van der Waals surface area contributed by atoms with Crippen molar-refractivity contribution in [2.45, 2.75) is 26.3 Å². The predicted octanol–water partition coefficient (Wildman–Crippen LogP) is 5.02. The van der Waals surface area contributed by atoms with Gasteiger partial charge >= 0.3 is 0 Å². The van der Waals surface area contributed by atoms with E-state index in [0.717, 1.165) is 10.5 Å². The highest BCUT2D eigenvalue weighted by Gasteiger charge is 2.39. The van der Waals surface area contributed by atoms with Gasteiger partial charge in [0.25, 0.3) is 23.4 Å². The fraction of sp³-hybridized carbons (Fsp3) is 0.148. The van der Waals surface area contributed by atoms with Gasteiger partial charge in [0.15, 0.2) is 6.04 Å². The van der Waals surface area contributed by atoms with Crippen molar-refractivity contribution in [2.24, 2.45) is 15.3 Å². The molecule has 202 valence electrons. The van der Waals surface area contributed by atoms with Crippen LogP contribution in [0, 0.1) is 17.0 Å². The molecule has 1 atom stereocenters. The molecule has 1 aliphatic heterocycles. The van der Waals surface area contributed by atoms with E-state index in [4.69, 9.17) is 11.6 Å². The van der Waals surface area contributed by atoms with E-state index in [2.05, 4.69) is 15.3 Å². The maximum Gasteiger partial charge on any atom is 0.282 e. The Hall–Kier alpha value is -5.10. The van der Waals surface area contributed by atoms with Crippen molar-refractivity contribution in [1.29, 1.82) is 0 Å². The minimum absolute atomic E-state index is 0.0587. The fourth-order valence-electron chi connectivity index (χ4n) is 3.74. The van der Waals surface area contributed by atoms with Gasteiger partial charge in [-0.3, -0.25) is 29.3 Å². The molecule has 12 nitrogen and oxygen atoms in total. The number of benzene rings is 3. The van der Waals surface area contributed by atoms with E-state index in [1.165, 1.54) is 43.3 Å². The van der Waals surface area contributed by atoms with Gasteiger partial charge < -0.3 is 0 Å². The normalized spacial score (nSPS) is 14.8. The Labute approximate surface area is 232 Å².